The van der Waals surface area contributed by atoms with Gasteiger partial charge in [-0.15, -0.1) is 0 Å². The van der Waals surface area contributed by atoms with Gasteiger partial charge in [-0.2, -0.15) is 12.7 Å². The van der Waals surface area contributed by atoms with Gasteiger partial charge >= 0.3 is 10.2 Å². The van der Waals surface area contributed by atoms with Crippen molar-refractivity contribution < 1.29 is 27.1 Å². The molecule has 0 spiro atoms. The summed E-state index contributed by atoms with van der Waals surface area (Å²) in [6.07, 6.45) is 1.04. The number of nitrogens with zero attached hydrogens (tertiary/aromatic N) is 3. The molecule has 204 valence electrons. The van der Waals surface area contributed by atoms with Crippen LogP contribution in [0, 0.1) is 5.82 Å². The smallest absolute Gasteiger partial charge is 0.304 e. The van der Waals surface area contributed by atoms with E-state index < -0.39 is 34.5 Å². The molecule has 11 heteroatoms. The number of methoxy groups -OCH3 is 1. The molecule has 0 saturated heterocycles. The van der Waals surface area contributed by atoms with E-state index in [1.165, 1.54) is 31.1 Å². The molecule has 0 bridgehead atoms. The Labute approximate surface area is 219 Å². The predicted molar refractivity (Wildman–Crippen MR) is 142 cm³/mol. The lowest BCUT2D eigenvalue weighted by molar-refractivity contribution is -0.140. The molecule has 2 atom stereocenters. The fraction of sp³-hybridized carbons (Fsp3) is 0.462. The fourth-order valence-electron chi connectivity index (χ4n) is 3.61. The standard InChI is InChI=1S/C26H37FN4O5S/c1-7-19(3)28-26(33)24(8-2)30(17-20-9-15-23(36-6)16-10-20)25(32)18-31(37(34,35)29(4)5)22-13-11-21(27)12-14-22/h9-16,19,24H,7-8,17-18H2,1-6H3,(H,28,33)/t19-,24+/m0/s1. The van der Waals surface area contributed by atoms with Crippen LogP contribution in [0.4, 0.5) is 10.1 Å². The third-order valence-corrected chi connectivity index (χ3v) is 7.85. The van der Waals surface area contributed by atoms with Crippen LogP contribution >= 0.6 is 0 Å². The highest BCUT2D eigenvalue weighted by Gasteiger charge is 2.34. The number of carbonyl (C=O) groups excluding carboxylic acids is 2. The summed E-state index contributed by atoms with van der Waals surface area (Å²) in [4.78, 5) is 28.3. The van der Waals surface area contributed by atoms with Crippen LogP contribution in [-0.2, 0) is 26.3 Å². The van der Waals surface area contributed by atoms with Gasteiger partial charge in [-0.05, 0) is 61.7 Å². The third kappa shape index (κ3) is 7.90. The summed E-state index contributed by atoms with van der Waals surface area (Å²) in [6.45, 7) is 5.12. The van der Waals surface area contributed by atoms with Crippen molar-refractivity contribution in [2.75, 3.05) is 32.1 Å². The summed E-state index contributed by atoms with van der Waals surface area (Å²) in [5.74, 6) is -0.784. The van der Waals surface area contributed by atoms with Gasteiger partial charge in [-0.3, -0.25) is 9.59 Å². The van der Waals surface area contributed by atoms with Crippen LogP contribution in [0.5, 0.6) is 5.75 Å². The molecule has 2 aromatic rings. The lowest BCUT2D eigenvalue weighted by Crippen LogP contribution is -2.54. The molecule has 2 aromatic carbocycles. The predicted octanol–water partition coefficient (Wildman–Crippen LogP) is 3.17. The first-order valence-corrected chi connectivity index (χ1v) is 13.5. The van der Waals surface area contributed by atoms with Gasteiger partial charge in [0.15, 0.2) is 0 Å². The number of nitrogens with one attached hydrogen (secondary N) is 1. The van der Waals surface area contributed by atoms with E-state index in [0.717, 1.165) is 26.3 Å². The minimum Gasteiger partial charge on any atom is -0.497 e. The molecule has 0 unspecified atom stereocenters. The van der Waals surface area contributed by atoms with Crippen molar-refractivity contribution in [3.05, 3.63) is 59.9 Å². The monoisotopic (exact) mass is 536 g/mol. The fourth-order valence-corrected chi connectivity index (χ4v) is 4.67. The van der Waals surface area contributed by atoms with Gasteiger partial charge in [-0.25, -0.2) is 8.70 Å². The van der Waals surface area contributed by atoms with Gasteiger partial charge in [0.25, 0.3) is 0 Å². The maximum absolute atomic E-state index is 13.8. The molecule has 0 aromatic heterocycles. The number of rotatable bonds is 13. The first-order chi connectivity index (χ1) is 17.4. The van der Waals surface area contributed by atoms with Crippen LogP contribution < -0.4 is 14.4 Å². The Balaban J connectivity index is 2.49. The minimum atomic E-state index is -4.11. The van der Waals surface area contributed by atoms with Crippen LogP contribution in [0.3, 0.4) is 0 Å². The molecule has 9 nitrogen and oxygen atoms in total. The Kier molecular flexibility index (Phi) is 10.9. The van der Waals surface area contributed by atoms with E-state index in [-0.39, 0.29) is 24.2 Å². The molecule has 2 amide bonds. The zero-order valence-electron chi connectivity index (χ0n) is 22.3. The average Bonchev–Trinajstić information content (AvgIpc) is 2.87. The summed E-state index contributed by atoms with van der Waals surface area (Å²) in [7, 11) is 0.131. The second kappa shape index (κ2) is 13.4. The molecule has 2 rings (SSSR count). The molecule has 37 heavy (non-hydrogen) atoms. The SMILES string of the molecule is CC[C@H](C(=O)N[C@@H](C)CC)N(Cc1ccc(OC)cc1)C(=O)CN(c1ccc(F)cc1)S(=O)(=O)N(C)C. The topological polar surface area (TPSA) is 99.3 Å². The van der Waals surface area contributed by atoms with Crippen molar-refractivity contribution in [2.24, 2.45) is 0 Å². The van der Waals surface area contributed by atoms with Gasteiger partial charge < -0.3 is 15.0 Å². The van der Waals surface area contributed by atoms with E-state index in [1.54, 1.807) is 38.3 Å². The zero-order chi connectivity index (χ0) is 27.8. The van der Waals surface area contributed by atoms with Crippen LogP contribution in [0.1, 0.15) is 39.2 Å². The summed E-state index contributed by atoms with van der Waals surface area (Å²) < 4.78 is 47.0. The van der Waals surface area contributed by atoms with Crippen LogP contribution in [0.25, 0.3) is 0 Å². The molecular formula is C26H37FN4O5S. The number of anilines is 1. The molecular weight excluding hydrogens is 499 g/mol. The number of halogens is 1. The molecule has 0 fully saturated rings. The molecule has 0 aliphatic heterocycles. The maximum Gasteiger partial charge on any atom is 0.304 e. The van der Waals surface area contributed by atoms with E-state index in [0.29, 0.717) is 18.6 Å². The number of hydrogen-bond acceptors (Lipinski definition) is 5. The van der Waals surface area contributed by atoms with Crippen molar-refractivity contribution in [1.29, 1.82) is 0 Å². The first-order valence-electron chi connectivity index (χ1n) is 12.1. The Morgan fingerprint density at radius 1 is 1.00 bits per heavy atom. The highest BCUT2D eigenvalue weighted by Crippen LogP contribution is 2.22. The molecule has 0 saturated carbocycles. The largest absolute Gasteiger partial charge is 0.497 e. The number of ether oxygens (including phenoxy) is 1. The Morgan fingerprint density at radius 3 is 2.08 bits per heavy atom. The highest BCUT2D eigenvalue weighted by atomic mass is 32.2. The number of carbonyl (C=O) groups is 2. The molecule has 0 heterocycles. The molecule has 1 N–H and O–H groups in total. The third-order valence-electron chi connectivity index (χ3n) is 6.03. The van der Waals surface area contributed by atoms with E-state index in [1.807, 2.05) is 13.8 Å². The number of hydrogen-bond donors (Lipinski definition) is 1. The van der Waals surface area contributed by atoms with Gasteiger partial charge in [0.2, 0.25) is 11.8 Å². The van der Waals surface area contributed by atoms with Crippen molar-refractivity contribution >= 4 is 27.7 Å². The Morgan fingerprint density at radius 2 is 1.59 bits per heavy atom. The summed E-state index contributed by atoms with van der Waals surface area (Å²) in [6, 6.07) is 11.0. The van der Waals surface area contributed by atoms with Crippen LogP contribution in [-0.4, -0.2) is 69.3 Å². The van der Waals surface area contributed by atoms with Crippen molar-refractivity contribution in [3.8, 4) is 5.75 Å². The first kappa shape index (κ1) is 30.0. The lowest BCUT2D eigenvalue weighted by atomic mass is 10.1. The highest BCUT2D eigenvalue weighted by molar-refractivity contribution is 7.90. The molecule has 0 aliphatic rings. The number of benzene rings is 2. The Hall–Kier alpha value is -3.18. The second-order valence-electron chi connectivity index (χ2n) is 8.88. The molecule has 0 aliphatic carbocycles. The maximum atomic E-state index is 13.8. The van der Waals surface area contributed by atoms with Crippen LogP contribution in [0.15, 0.2) is 48.5 Å². The lowest BCUT2D eigenvalue weighted by Gasteiger charge is -2.34. The second-order valence-corrected chi connectivity index (χ2v) is 11.0. The van der Waals surface area contributed by atoms with E-state index in [4.69, 9.17) is 4.74 Å². The van der Waals surface area contributed by atoms with Crippen molar-refractivity contribution in [3.63, 3.8) is 0 Å². The zero-order valence-corrected chi connectivity index (χ0v) is 23.1. The minimum absolute atomic E-state index is 0.0779. The normalized spacial score (nSPS) is 13.1. The number of amides is 2. The van der Waals surface area contributed by atoms with Gasteiger partial charge in [0.1, 0.15) is 24.2 Å². The van der Waals surface area contributed by atoms with Gasteiger partial charge in [0.05, 0.1) is 12.8 Å². The van der Waals surface area contributed by atoms with Crippen molar-refractivity contribution in [2.45, 2.75) is 52.2 Å². The van der Waals surface area contributed by atoms with Crippen molar-refractivity contribution in [1.82, 2.24) is 14.5 Å². The van der Waals surface area contributed by atoms with E-state index in [2.05, 4.69) is 5.32 Å². The Bertz CT molecular complexity index is 1140. The van der Waals surface area contributed by atoms with Gasteiger partial charge in [-0.1, -0.05) is 26.0 Å². The average molecular weight is 537 g/mol. The van der Waals surface area contributed by atoms with Gasteiger partial charge in [0, 0.05) is 26.7 Å². The summed E-state index contributed by atoms with van der Waals surface area (Å²) in [5, 5.41) is 2.93. The van der Waals surface area contributed by atoms with E-state index >= 15 is 0 Å². The van der Waals surface area contributed by atoms with Crippen LogP contribution in [0.2, 0.25) is 0 Å². The van der Waals surface area contributed by atoms with E-state index in [9.17, 15) is 22.4 Å². The quantitative estimate of drug-likeness (QED) is 0.424. The molecule has 0 radical (unpaired) electrons. The summed E-state index contributed by atoms with van der Waals surface area (Å²) in [5.41, 5.74) is 0.873. The summed E-state index contributed by atoms with van der Waals surface area (Å²) >= 11 is 0.